The lowest BCUT2D eigenvalue weighted by Gasteiger charge is -2.36. The highest BCUT2D eigenvalue weighted by molar-refractivity contribution is 5.44. The van der Waals surface area contributed by atoms with Gasteiger partial charge in [0.25, 0.3) is 0 Å². The molecule has 0 aromatic heterocycles. The van der Waals surface area contributed by atoms with Gasteiger partial charge >= 0.3 is 0 Å². The summed E-state index contributed by atoms with van der Waals surface area (Å²) in [5, 5.41) is 22.0. The molecule has 19 heavy (non-hydrogen) atoms. The first-order chi connectivity index (χ1) is 9.28. The highest BCUT2D eigenvalue weighted by atomic mass is 16.3. The SMILES string of the molecule is OCCc1ccc(NCC2(CO)CCCCC2)cc1. The van der Waals surface area contributed by atoms with E-state index >= 15 is 0 Å². The lowest BCUT2D eigenvalue weighted by atomic mass is 9.74. The molecule has 3 N–H and O–H groups in total. The van der Waals surface area contributed by atoms with Crippen molar-refractivity contribution in [2.75, 3.05) is 25.1 Å². The Morgan fingerprint density at radius 1 is 1.00 bits per heavy atom. The molecule has 0 spiro atoms. The zero-order valence-corrected chi connectivity index (χ0v) is 11.6. The standard InChI is InChI=1S/C16H25NO2/c18-11-8-14-4-6-15(7-5-14)17-12-16(13-19)9-2-1-3-10-16/h4-7,17-19H,1-3,8-13H2. The van der Waals surface area contributed by atoms with Gasteiger partial charge in [0.05, 0.1) is 6.61 Å². The molecule has 1 aromatic carbocycles. The molecule has 0 amide bonds. The molecule has 3 heteroatoms. The van der Waals surface area contributed by atoms with Crippen molar-refractivity contribution in [2.24, 2.45) is 5.41 Å². The van der Waals surface area contributed by atoms with Crippen LogP contribution >= 0.6 is 0 Å². The zero-order chi connectivity index (χ0) is 13.6. The Kier molecular flexibility index (Phi) is 5.23. The molecule has 3 nitrogen and oxygen atoms in total. The van der Waals surface area contributed by atoms with Gasteiger partial charge in [-0.15, -0.1) is 0 Å². The van der Waals surface area contributed by atoms with Crippen LogP contribution in [0.5, 0.6) is 0 Å². The van der Waals surface area contributed by atoms with Crippen molar-refractivity contribution < 1.29 is 10.2 Å². The Morgan fingerprint density at radius 2 is 1.68 bits per heavy atom. The van der Waals surface area contributed by atoms with E-state index in [1.54, 1.807) is 0 Å². The van der Waals surface area contributed by atoms with Crippen molar-refractivity contribution in [1.29, 1.82) is 0 Å². The predicted molar refractivity (Wildman–Crippen MR) is 78.3 cm³/mol. The number of anilines is 1. The van der Waals surface area contributed by atoms with E-state index in [0.717, 1.165) is 30.6 Å². The van der Waals surface area contributed by atoms with Crippen LogP contribution in [0.3, 0.4) is 0 Å². The molecule has 1 aromatic rings. The smallest absolute Gasteiger partial charge is 0.0504 e. The fourth-order valence-corrected chi connectivity index (χ4v) is 2.90. The summed E-state index contributed by atoms with van der Waals surface area (Å²) in [5.41, 5.74) is 2.32. The molecule has 1 saturated carbocycles. The van der Waals surface area contributed by atoms with Crippen molar-refractivity contribution in [1.82, 2.24) is 0 Å². The summed E-state index contributed by atoms with van der Waals surface area (Å²) < 4.78 is 0. The third-order valence-corrected chi connectivity index (χ3v) is 4.27. The second-order valence-corrected chi connectivity index (χ2v) is 5.74. The van der Waals surface area contributed by atoms with Crippen LogP contribution in [0.1, 0.15) is 37.7 Å². The molecule has 0 unspecified atom stereocenters. The van der Waals surface area contributed by atoms with E-state index in [4.69, 9.17) is 5.11 Å². The quantitative estimate of drug-likeness (QED) is 0.739. The summed E-state index contributed by atoms with van der Waals surface area (Å²) in [6.45, 7) is 1.33. The third kappa shape index (κ3) is 3.95. The van der Waals surface area contributed by atoms with Crippen molar-refractivity contribution in [2.45, 2.75) is 38.5 Å². The average Bonchev–Trinajstić information content (AvgIpc) is 2.48. The van der Waals surface area contributed by atoms with Crippen molar-refractivity contribution >= 4 is 5.69 Å². The third-order valence-electron chi connectivity index (χ3n) is 4.27. The molecule has 1 aliphatic carbocycles. The number of benzene rings is 1. The van der Waals surface area contributed by atoms with E-state index in [1.807, 2.05) is 12.1 Å². The molecule has 1 fully saturated rings. The minimum absolute atomic E-state index is 0.0714. The van der Waals surface area contributed by atoms with Crippen LogP contribution in [0, 0.1) is 5.41 Å². The van der Waals surface area contributed by atoms with Crippen molar-refractivity contribution in [3.8, 4) is 0 Å². The van der Waals surface area contributed by atoms with Gasteiger partial charge in [-0.2, -0.15) is 0 Å². The zero-order valence-electron chi connectivity index (χ0n) is 11.6. The summed E-state index contributed by atoms with van der Waals surface area (Å²) in [4.78, 5) is 0. The molecule has 0 saturated heterocycles. The molecule has 1 aliphatic rings. The van der Waals surface area contributed by atoms with Gasteiger partial charge < -0.3 is 15.5 Å². The first kappa shape index (κ1) is 14.4. The minimum atomic E-state index is 0.0714. The number of nitrogens with one attached hydrogen (secondary N) is 1. The normalized spacial score (nSPS) is 18.2. The first-order valence-electron chi connectivity index (χ1n) is 7.33. The van der Waals surface area contributed by atoms with Crippen LogP contribution in [-0.4, -0.2) is 30.0 Å². The van der Waals surface area contributed by atoms with Crippen LogP contribution < -0.4 is 5.32 Å². The van der Waals surface area contributed by atoms with Gasteiger partial charge in [-0.25, -0.2) is 0 Å². The molecular weight excluding hydrogens is 238 g/mol. The van der Waals surface area contributed by atoms with Gasteiger partial charge in [-0.1, -0.05) is 31.4 Å². The van der Waals surface area contributed by atoms with Gasteiger partial charge in [0, 0.05) is 24.3 Å². The summed E-state index contributed by atoms with van der Waals surface area (Å²) in [6, 6.07) is 8.20. The van der Waals surface area contributed by atoms with E-state index < -0.39 is 0 Å². The highest BCUT2D eigenvalue weighted by Crippen LogP contribution is 2.35. The van der Waals surface area contributed by atoms with Gasteiger partial charge in [0.15, 0.2) is 0 Å². The molecule has 0 atom stereocenters. The Morgan fingerprint density at radius 3 is 2.26 bits per heavy atom. The molecule has 0 bridgehead atoms. The molecule has 0 heterocycles. The van der Waals surface area contributed by atoms with Crippen LogP contribution in [0.2, 0.25) is 0 Å². The van der Waals surface area contributed by atoms with Crippen LogP contribution in [0.4, 0.5) is 5.69 Å². The summed E-state index contributed by atoms with van der Waals surface area (Å²) in [6.07, 6.45) is 6.73. The Hall–Kier alpha value is -1.06. The lowest BCUT2D eigenvalue weighted by Crippen LogP contribution is -2.35. The Labute approximate surface area is 115 Å². The minimum Gasteiger partial charge on any atom is -0.396 e. The topological polar surface area (TPSA) is 52.5 Å². The van der Waals surface area contributed by atoms with E-state index in [9.17, 15) is 5.11 Å². The Bertz CT molecular complexity index is 369. The van der Waals surface area contributed by atoms with Crippen LogP contribution in [0.25, 0.3) is 0 Å². The summed E-state index contributed by atoms with van der Waals surface area (Å²) in [7, 11) is 0. The summed E-state index contributed by atoms with van der Waals surface area (Å²) in [5.74, 6) is 0. The maximum Gasteiger partial charge on any atom is 0.0504 e. The molecule has 2 rings (SSSR count). The van der Waals surface area contributed by atoms with Gasteiger partial charge in [-0.3, -0.25) is 0 Å². The maximum absolute atomic E-state index is 9.67. The van der Waals surface area contributed by atoms with Gasteiger partial charge in [-0.05, 0) is 37.0 Å². The van der Waals surface area contributed by atoms with Crippen LogP contribution in [-0.2, 0) is 6.42 Å². The van der Waals surface area contributed by atoms with E-state index in [-0.39, 0.29) is 18.6 Å². The Balaban J connectivity index is 1.89. The molecule has 0 radical (unpaired) electrons. The highest BCUT2D eigenvalue weighted by Gasteiger charge is 2.30. The van der Waals surface area contributed by atoms with Gasteiger partial charge in [0.1, 0.15) is 0 Å². The number of hydrogen-bond donors (Lipinski definition) is 3. The summed E-state index contributed by atoms with van der Waals surface area (Å²) >= 11 is 0. The van der Waals surface area contributed by atoms with E-state index in [0.29, 0.717) is 6.42 Å². The second-order valence-electron chi connectivity index (χ2n) is 5.74. The lowest BCUT2D eigenvalue weighted by molar-refractivity contribution is 0.0944. The first-order valence-corrected chi connectivity index (χ1v) is 7.33. The fraction of sp³-hybridized carbons (Fsp3) is 0.625. The number of aliphatic hydroxyl groups is 2. The van der Waals surface area contributed by atoms with E-state index in [1.165, 1.54) is 19.3 Å². The molecule has 106 valence electrons. The van der Waals surface area contributed by atoms with Crippen LogP contribution in [0.15, 0.2) is 24.3 Å². The number of aliphatic hydroxyl groups excluding tert-OH is 2. The molecular formula is C16H25NO2. The number of rotatable bonds is 6. The van der Waals surface area contributed by atoms with E-state index in [2.05, 4.69) is 17.4 Å². The van der Waals surface area contributed by atoms with Crippen molar-refractivity contribution in [3.05, 3.63) is 29.8 Å². The van der Waals surface area contributed by atoms with Gasteiger partial charge in [0.2, 0.25) is 0 Å². The second kappa shape index (κ2) is 6.92. The fourth-order valence-electron chi connectivity index (χ4n) is 2.90. The number of hydrogen-bond acceptors (Lipinski definition) is 3. The predicted octanol–water partition coefficient (Wildman–Crippen LogP) is 2.58. The maximum atomic E-state index is 9.67. The van der Waals surface area contributed by atoms with Crippen molar-refractivity contribution in [3.63, 3.8) is 0 Å². The monoisotopic (exact) mass is 263 g/mol. The molecule has 0 aliphatic heterocycles. The largest absolute Gasteiger partial charge is 0.396 e. The average molecular weight is 263 g/mol.